The second-order valence-electron chi connectivity index (χ2n) is 7.99. The minimum absolute atomic E-state index is 0.0629. The van der Waals surface area contributed by atoms with Crippen molar-refractivity contribution in [2.24, 2.45) is 0 Å². The number of carbonyl (C=O) groups is 1. The predicted octanol–water partition coefficient (Wildman–Crippen LogP) is 4.54. The summed E-state index contributed by atoms with van der Waals surface area (Å²) in [6.45, 7) is 0.0629. The van der Waals surface area contributed by atoms with Crippen LogP contribution in [0, 0.1) is 0 Å². The van der Waals surface area contributed by atoms with Crippen LogP contribution in [0.2, 0.25) is 0 Å². The third-order valence-corrected chi connectivity index (χ3v) is 5.86. The van der Waals surface area contributed by atoms with Crippen LogP contribution in [0.3, 0.4) is 0 Å². The minimum atomic E-state index is -4.57. The van der Waals surface area contributed by atoms with Crippen molar-refractivity contribution in [1.82, 2.24) is 9.78 Å². The molecule has 0 bridgehead atoms. The Morgan fingerprint density at radius 3 is 2.60 bits per heavy atom. The van der Waals surface area contributed by atoms with E-state index in [4.69, 9.17) is 18.9 Å². The van der Waals surface area contributed by atoms with E-state index in [1.165, 1.54) is 20.3 Å². The molecule has 0 saturated carbocycles. The average Bonchev–Trinajstić information content (AvgIpc) is 3.49. The SMILES string of the molecule is COc1ccc(NC(=O)c2cc3n(n2)[C@@H](C(F)(F)F)C[C@@H](c2ccc4c(c2)OCO4)N3)cc1OC. The van der Waals surface area contributed by atoms with Crippen LogP contribution in [-0.4, -0.2) is 42.9 Å². The summed E-state index contributed by atoms with van der Waals surface area (Å²) in [7, 11) is 2.93. The van der Waals surface area contributed by atoms with Crippen molar-refractivity contribution < 1.29 is 36.9 Å². The van der Waals surface area contributed by atoms with Gasteiger partial charge < -0.3 is 29.6 Å². The number of hydrogen-bond donors (Lipinski definition) is 2. The third kappa shape index (κ3) is 4.27. The van der Waals surface area contributed by atoms with E-state index >= 15 is 0 Å². The molecule has 2 atom stereocenters. The van der Waals surface area contributed by atoms with Gasteiger partial charge in [-0.1, -0.05) is 6.07 Å². The van der Waals surface area contributed by atoms with Crippen LogP contribution in [0.25, 0.3) is 0 Å². The standard InChI is InChI=1S/C23H21F3N4O5/c1-32-16-6-4-13(8-18(16)33-2)27-22(31)15-10-21-28-14(9-20(23(24,25)26)30(21)29-15)12-3-5-17-19(7-12)35-11-34-17/h3-8,10,14,20,28H,9,11H2,1-2H3,(H,27,31)/t14-,20+/m0/s1. The lowest BCUT2D eigenvalue weighted by molar-refractivity contribution is -0.173. The van der Waals surface area contributed by atoms with Crippen molar-refractivity contribution in [2.75, 3.05) is 31.6 Å². The molecule has 0 aliphatic carbocycles. The van der Waals surface area contributed by atoms with Crippen LogP contribution < -0.4 is 29.6 Å². The summed E-state index contributed by atoms with van der Waals surface area (Å²) >= 11 is 0. The van der Waals surface area contributed by atoms with Gasteiger partial charge in [-0.25, -0.2) is 4.68 Å². The number of nitrogens with zero attached hydrogens (tertiary/aromatic N) is 2. The molecule has 0 spiro atoms. The molecule has 0 fully saturated rings. The predicted molar refractivity (Wildman–Crippen MR) is 118 cm³/mol. The van der Waals surface area contributed by atoms with Crippen molar-refractivity contribution in [3.05, 3.63) is 53.7 Å². The average molecular weight is 490 g/mol. The second kappa shape index (κ2) is 8.60. The Morgan fingerprint density at radius 2 is 1.86 bits per heavy atom. The first kappa shape index (κ1) is 22.7. The maximum atomic E-state index is 14.0. The van der Waals surface area contributed by atoms with Crippen molar-refractivity contribution in [2.45, 2.75) is 24.7 Å². The topological polar surface area (TPSA) is 95.9 Å². The third-order valence-electron chi connectivity index (χ3n) is 5.86. The first-order valence-corrected chi connectivity index (χ1v) is 10.6. The van der Waals surface area contributed by atoms with Gasteiger partial charge in [-0.15, -0.1) is 0 Å². The molecule has 1 amide bonds. The Hall–Kier alpha value is -4.09. The second-order valence-corrected chi connectivity index (χ2v) is 7.99. The van der Waals surface area contributed by atoms with Gasteiger partial charge in [-0.05, 0) is 29.8 Å². The summed E-state index contributed by atoms with van der Waals surface area (Å²) in [5.74, 6) is 1.28. The van der Waals surface area contributed by atoms with Gasteiger partial charge in [-0.3, -0.25) is 4.79 Å². The summed E-state index contributed by atoms with van der Waals surface area (Å²) < 4.78 is 63.8. The molecule has 35 heavy (non-hydrogen) atoms. The van der Waals surface area contributed by atoms with Crippen LogP contribution in [0.4, 0.5) is 24.7 Å². The molecular formula is C23H21F3N4O5. The number of fused-ring (bicyclic) bond motifs is 2. The highest BCUT2D eigenvalue weighted by atomic mass is 19.4. The monoisotopic (exact) mass is 490 g/mol. The molecule has 2 aromatic carbocycles. The quantitative estimate of drug-likeness (QED) is 0.542. The van der Waals surface area contributed by atoms with Crippen molar-refractivity contribution in [1.29, 1.82) is 0 Å². The molecule has 2 aliphatic heterocycles. The molecule has 9 nitrogen and oxygen atoms in total. The molecule has 2 N–H and O–H groups in total. The fraction of sp³-hybridized carbons (Fsp3) is 0.304. The molecule has 184 valence electrons. The summed E-state index contributed by atoms with van der Waals surface area (Å²) in [6, 6.07) is 8.44. The van der Waals surface area contributed by atoms with Crippen molar-refractivity contribution in [3.63, 3.8) is 0 Å². The van der Waals surface area contributed by atoms with E-state index in [1.807, 2.05) is 0 Å². The largest absolute Gasteiger partial charge is 0.493 e. The zero-order valence-electron chi connectivity index (χ0n) is 18.7. The molecule has 5 rings (SSSR count). The summed E-state index contributed by atoms with van der Waals surface area (Å²) in [4.78, 5) is 12.8. The highest BCUT2D eigenvalue weighted by molar-refractivity contribution is 6.03. The number of benzene rings is 2. The molecule has 2 aliphatic rings. The van der Waals surface area contributed by atoms with E-state index in [-0.39, 0.29) is 24.7 Å². The van der Waals surface area contributed by atoms with Crippen LogP contribution >= 0.6 is 0 Å². The molecule has 1 aromatic heterocycles. The number of rotatable bonds is 5. The highest BCUT2D eigenvalue weighted by Crippen LogP contribution is 2.45. The van der Waals surface area contributed by atoms with Gasteiger partial charge >= 0.3 is 6.18 Å². The molecule has 12 heteroatoms. The van der Waals surface area contributed by atoms with Gasteiger partial charge in [0.25, 0.3) is 5.91 Å². The summed E-state index contributed by atoms with van der Waals surface area (Å²) in [5.41, 5.74) is 0.812. The van der Waals surface area contributed by atoms with Gasteiger partial charge in [0, 0.05) is 24.2 Å². The van der Waals surface area contributed by atoms with E-state index in [1.54, 1.807) is 36.4 Å². The first-order valence-electron chi connectivity index (χ1n) is 10.6. The summed E-state index contributed by atoms with van der Waals surface area (Å²) in [6.07, 6.45) is -4.89. The number of carbonyl (C=O) groups excluding carboxylic acids is 1. The van der Waals surface area contributed by atoms with Crippen molar-refractivity contribution >= 4 is 17.4 Å². The molecule has 0 saturated heterocycles. The Morgan fingerprint density at radius 1 is 1.09 bits per heavy atom. The van der Waals surface area contributed by atoms with Gasteiger partial charge in [0.1, 0.15) is 5.82 Å². The lowest BCUT2D eigenvalue weighted by atomic mass is 9.96. The van der Waals surface area contributed by atoms with Crippen LogP contribution in [-0.2, 0) is 0 Å². The van der Waals surface area contributed by atoms with Crippen LogP contribution in [0.15, 0.2) is 42.5 Å². The lowest BCUT2D eigenvalue weighted by Crippen LogP contribution is -2.35. The van der Waals surface area contributed by atoms with Gasteiger partial charge in [0.2, 0.25) is 6.79 Å². The number of methoxy groups -OCH3 is 2. The van der Waals surface area contributed by atoms with E-state index in [2.05, 4.69) is 15.7 Å². The van der Waals surface area contributed by atoms with E-state index in [0.717, 1.165) is 4.68 Å². The minimum Gasteiger partial charge on any atom is -0.493 e. The Bertz CT molecular complexity index is 1280. The number of hydrogen-bond acceptors (Lipinski definition) is 7. The maximum absolute atomic E-state index is 14.0. The fourth-order valence-corrected chi connectivity index (χ4v) is 4.14. The number of alkyl halides is 3. The van der Waals surface area contributed by atoms with Crippen molar-refractivity contribution in [3.8, 4) is 23.0 Å². The zero-order valence-corrected chi connectivity index (χ0v) is 18.7. The smallest absolute Gasteiger partial charge is 0.410 e. The fourth-order valence-electron chi connectivity index (χ4n) is 4.14. The van der Waals surface area contributed by atoms with E-state index < -0.39 is 24.2 Å². The van der Waals surface area contributed by atoms with E-state index in [9.17, 15) is 18.0 Å². The Balaban J connectivity index is 1.42. The molecule has 3 aromatic rings. The molecular weight excluding hydrogens is 469 g/mol. The summed E-state index contributed by atoms with van der Waals surface area (Å²) in [5, 5.41) is 9.67. The van der Waals surface area contributed by atoms with Gasteiger partial charge in [0.05, 0.1) is 20.3 Å². The zero-order chi connectivity index (χ0) is 24.7. The normalized spacial score (nSPS) is 18.4. The number of halogens is 3. The molecule has 0 unspecified atom stereocenters. The Kier molecular flexibility index (Phi) is 5.58. The van der Waals surface area contributed by atoms with Gasteiger partial charge in [-0.2, -0.15) is 18.3 Å². The Labute approximate surface area is 197 Å². The number of anilines is 2. The number of aromatic nitrogens is 2. The maximum Gasteiger partial charge on any atom is 0.410 e. The molecule has 0 radical (unpaired) electrons. The molecule has 3 heterocycles. The van der Waals surface area contributed by atoms with Gasteiger partial charge in [0.15, 0.2) is 34.7 Å². The highest BCUT2D eigenvalue weighted by Gasteiger charge is 2.47. The van der Waals surface area contributed by atoms with E-state index in [0.29, 0.717) is 34.2 Å². The van der Waals surface area contributed by atoms with Crippen LogP contribution in [0.5, 0.6) is 23.0 Å². The number of nitrogens with one attached hydrogen (secondary N) is 2. The number of amides is 1. The van der Waals surface area contributed by atoms with Crippen LogP contribution in [0.1, 0.15) is 34.6 Å². The first-order chi connectivity index (χ1) is 16.8. The lowest BCUT2D eigenvalue weighted by Gasteiger charge is -2.33. The number of ether oxygens (including phenoxy) is 4.